The van der Waals surface area contributed by atoms with E-state index in [1.54, 1.807) is 38.5 Å². The van der Waals surface area contributed by atoms with Crippen LogP contribution in [0.25, 0.3) is 11.4 Å². The normalized spacial score (nSPS) is 10.8. The van der Waals surface area contributed by atoms with E-state index in [0.717, 1.165) is 5.56 Å². The first-order valence-electron chi connectivity index (χ1n) is 10.9. The van der Waals surface area contributed by atoms with Crippen molar-refractivity contribution in [1.29, 1.82) is 0 Å². The first-order chi connectivity index (χ1) is 17.4. The predicted octanol–water partition coefficient (Wildman–Crippen LogP) is 3.16. The minimum atomic E-state index is -0.450. The summed E-state index contributed by atoms with van der Waals surface area (Å²) in [7, 11) is 4.62. The first kappa shape index (κ1) is 26.5. The monoisotopic (exact) mass is 513 g/mol. The summed E-state index contributed by atoms with van der Waals surface area (Å²) >= 11 is 1.25. The molecule has 1 N–H and O–H groups in total. The Morgan fingerprint density at radius 3 is 2.36 bits per heavy atom. The van der Waals surface area contributed by atoms with Crippen LogP contribution in [0.5, 0.6) is 23.0 Å². The molecule has 0 aliphatic carbocycles. The zero-order chi connectivity index (χ0) is 26.1. The number of amides is 1. The molecule has 1 aromatic heterocycles. The van der Waals surface area contributed by atoms with Crippen molar-refractivity contribution in [2.45, 2.75) is 25.5 Å². The molecule has 0 atom stereocenters. The summed E-state index contributed by atoms with van der Waals surface area (Å²) in [6.07, 6.45) is 1.46. The number of ether oxygens (including phenoxy) is 4. The number of esters is 1. The summed E-state index contributed by atoms with van der Waals surface area (Å²) in [5.74, 6) is 1.88. The van der Waals surface area contributed by atoms with Crippen molar-refractivity contribution < 1.29 is 28.5 Å². The van der Waals surface area contributed by atoms with E-state index in [9.17, 15) is 9.59 Å². The van der Waals surface area contributed by atoms with Gasteiger partial charge in [0.15, 0.2) is 34.0 Å². The molecule has 2 aromatic carbocycles. The van der Waals surface area contributed by atoms with E-state index in [2.05, 4.69) is 20.7 Å². The Hall–Kier alpha value is -4.06. The molecule has 190 valence electrons. The number of hydrazone groups is 1. The van der Waals surface area contributed by atoms with Crippen molar-refractivity contribution in [3.05, 3.63) is 42.0 Å². The van der Waals surface area contributed by atoms with Gasteiger partial charge in [-0.3, -0.25) is 9.59 Å². The SMILES string of the molecule is CCn1c(SCC(=O)N/N=C\c2ccc(OC(C)=O)c(OC)c2)nnc1-c1ccc(OC)c(OC)c1. The fourth-order valence-electron chi connectivity index (χ4n) is 3.21. The van der Waals surface area contributed by atoms with Gasteiger partial charge in [0.1, 0.15) is 0 Å². The zero-order valence-corrected chi connectivity index (χ0v) is 21.4. The highest BCUT2D eigenvalue weighted by Gasteiger charge is 2.16. The van der Waals surface area contributed by atoms with Gasteiger partial charge in [0.05, 0.1) is 33.3 Å². The van der Waals surface area contributed by atoms with Crippen LogP contribution in [-0.2, 0) is 16.1 Å². The van der Waals surface area contributed by atoms with Gasteiger partial charge in [-0.05, 0) is 48.9 Å². The van der Waals surface area contributed by atoms with E-state index in [1.807, 2.05) is 23.6 Å². The number of hydrogen-bond donors (Lipinski definition) is 1. The smallest absolute Gasteiger partial charge is 0.308 e. The topological polar surface area (TPSA) is 126 Å². The van der Waals surface area contributed by atoms with Gasteiger partial charge in [-0.1, -0.05) is 11.8 Å². The van der Waals surface area contributed by atoms with Crippen LogP contribution >= 0.6 is 11.8 Å². The maximum Gasteiger partial charge on any atom is 0.308 e. The standard InChI is InChI=1S/C24H27N5O6S/c1-6-29-23(17-8-10-18(32-3)21(12-17)34-5)27-28-24(29)36-14-22(31)26-25-13-16-7-9-19(35-15(2)30)20(11-16)33-4/h7-13H,6,14H2,1-5H3,(H,26,31)/b25-13-. The molecule has 0 saturated carbocycles. The maximum absolute atomic E-state index is 12.3. The second-order valence-corrected chi connectivity index (χ2v) is 8.15. The Kier molecular flexibility index (Phi) is 9.28. The van der Waals surface area contributed by atoms with Crippen LogP contribution < -0.4 is 24.4 Å². The second-order valence-electron chi connectivity index (χ2n) is 7.21. The molecule has 0 aliphatic heterocycles. The van der Waals surface area contributed by atoms with Gasteiger partial charge in [0.25, 0.3) is 5.91 Å². The lowest BCUT2D eigenvalue weighted by atomic mass is 10.2. The third-order valence-electron chi connectivity index (χ3n) is 4.85. The Bertz CT molecular complexity index is 1260. The highest BCUT2D eigenvalue weighted by Crippen LogP contribution is 2.33. The summed E-state index contributed by atoms with van der Waals surface area (Å²) in [6.45, 7) is 3.90. The van der Waals surface area contributed by atoms with E-state index in [4.69, 9.17) is 18.9 Å². The number of aromatic nitrogens is 3. The zero-order valence-electron chi connectivity index (χ0n) is 20.6. The third-order valence-corrected chi connectivity index (χ3v) is 5.82. The highest BCUT2D eigenvalue weighted by atomic mass is 32.2. The summed E-state index contributed by atoms with van der Waals surface area (Å²) in [6, 6.07) is 10.4. The van der Waals surface area contributed by atoms with Crippen LogP contribution in [0.4, 0.5) is 0 Å². The van der Waals surface area contributed by atoms with E-state index in [-0.39, 0.29) is 11.7 Å². The number of nitrogens with one attached hydrogen (secondary N) is 1. The van der Waals surface area contributed by atoms with Gasteiger partial charge in [-0.25, -0.2) is 5.43 Å². The summed E-state index contributed by atoms with van der Waals surface area (Å²) in [5.41, 5.74) is 3.96. The van der Waals surface area contributed by atoms with Gasteiger partial charge in [0, 0.05) is 19.0 Å². The van der Waals surface area contributed by atoms with Gasteiger partial charge >= 0.3 is 5.97 Å². The van der Waals surface area contributed by atoms with E-state index >= 15 is 0 Å². The average Bonchev–Trinajstić information content (AvgIpc) is 3.30. The number of carbonyl (C=O) groups is 2. The fraction of sp³-hybridized carbons (Fsp3) is 0.292. The molecule has 0 unspecified atom stereocenters. The Balaban J connectivity index is 1.62. The fourth-order valence-corrected chi connectivity index (χ4v) is 4.01. The van der Waals surface area contributed by atoms with Crippen molar-refractivity contribution in [1.82, 2.24) is 20.2 Å². The Morgan fingerprint density at radius 1 is 1.00 bits per heavy atom. The van der Waals surface area contributed by atoms with Crippen LogP contribution in [-0.4, -0.2) is 59.9 Å². The number of methoxy groups -OCH3 is 3. The number of thioether (sulfide) groups is 1. The lowest BCUT2D eigenvalue weighted by Crippen LogP contribution is -2.20. The molecule has 11 nitrogen and oxygen atoms in total. The molecule has 3 rings (SSSR count). The van der Waals surface area contributed by atoms with Crippen molar-refractivity contribution in [3.63, 3.8) is 0 Å². The van der Waals surface area contributed by atoms with E-state index in [1.165, 1.54) is 32.0 Å². The molecule has 0 spiro atoms. The molecule has 0 aliphatic rings. The number of carbonyl (C=O) groups excluding carboxylic acids is 2. The summed E-state index contributed by atoms with van der Waals surface area (Å²) < 4.78 is 22.9. The van der Waals surface area contributed by atoms with Crippen molar-refractivity contribution in [3.8, 4) is 34.4 Å². The van der Waals surface area contributed by atoms with Crippen LogP contribution in [0.3, 0.4) is 0 Å². The maximum atomic E-state index is 12.3. The van der Waals surface area contributed by atoms with Crippen molar-refractivity contribution in [2.75, 3.05) is 27.1 Å². The molecule has 3 aromatic rings. The second kappa shape index (κ2) is 12.6. The molecule has 0 bridgehead atoms. The summed E-state index contributed by atoms with van der Waals surface area (Å²) in [4.78, 5) is 23.5. The number of benzene rings is 2. The van der Waals surface area contributed by atoms with E-state index in [0.29, 0.717) is 46.1 Å². The first-order valence-corrected chi connectivity index (χ1v) is 11.8. The molecule has 1 amide bonds. The summed E-state index contributed by atoms with van der Waals surface area (Å²) in [5, 5.41) is 13.1. The average molecular weight is 514 g/mol. The Morgan fingerprint density at radius 2 is 1.69 bits per heavy atom. The molecule has 0 fully saturated rings. The number of rotatable bonds is 11. The predicted molar refractivity (Wildman–Crippen MR) is 135 cm³/mol. The lowest BCUT2D eigenvalue weighted by Gasteiger charge is -2.10. The molecule has 0 radical (unpaired) electrons. The number of hydrogen-bond acceptors (Lipinski definition) is 10. The van der Waals surface area contributed by atoms with Crippen LogP contribution in [0.15, 0.2) is 46.7 Å². The minimum Gasteiger partial charge on any atom is -0.493 e. The van der Waals surface area contributed by atoms with Crippen LogP contribution in [0, 0.1) is 0 Å². The number of nitrogens with zero attached hydrogens (tertiary/aromatic N) is 4. The quantitative estimate of drug-likeness (QED) is 0.135. The van der Waals surface area contributed by atoms with Crippen LogP contribution in [0.2, 0.25) is 0 Å². The molecule has 1 heterocycles. The Labute approximate surface area is 212 Å². The highest BCUT2D eigenvalue weighted by molar-refractivity contribution is 7.99. The minimum absolute atomic E-state index is 0.0934. The lowest BCUT2D eigenvalue weighted by molar-refractivity contribution is -0.132. The van der Waals surface area contributed by atoms with Gasteiger partial charge in [-0.15, -0.1) is 10.2 Å². The molecule has 36 heavy (non-hydrogen) atoms. The van der Waals surface area contributed by atoms with E-state index < -0.39 is 5.97 Å². The van der Waals surface area contributed by atoms with Crippen molar-refractivity contribution in [2.24, 2.45) is 5.10 Å². The van der Waals surface area contributed by atoms with Gasteiger partial charge in [0.2, 0.25) is 0 Å². The van der Waals surface area contributed by atoms with Crippen molar-refractivity contribution >= 4 is 29.9 Å². The molecule has 12 heteroatoms. The third kappa shape index (κ3) is 6.54. The molecular formula is C24H27N5O6S. The van der Waals surface area contributed by atoms with Crippen LogP contribution in [0.1, 0.15) is 19.4 Å². The largest absolute Gasteiger partial charge is 0.493 e. The molecule has 0 saturated heterocycles. The van der Waals surface area contributed by atoms with Gasteiger partial charge < -0.3 is 23.5 Å². The molecular weight excluding hydrogens is 486 g/mol. The van der Waals surface area contributed by atoms with Gasteiger partial charge in [-0.2, -0.15) is 5.10 Å².